The zero-order chi connectivity index (χ0) is 14.7. The summed E-state index contributed by atoms with van der Waals surface area (Å²) in [5.74, 6) is 0.952. The lowest BCUT2D eigenvalue weighted by Gasteiger charge is -2.15. The highest BCUT2D eigenvalue weighted by Crippen LogP contribution is 2.38. The molecular formula is C16H17N3O2. The molecule has 1 heterocycles. The van der Waals surface area contributed by atoms with Crippen LogP contribution in [0.25, 0.3) is 0 Å². The quantitative estimate of drug-likeness (QED) is 0.851. The molecule has 0 aliphatic heterocycles. The van der Waals surface area contributed by atoms with Gasteiger partial charge in [0.15, 0.2) is 0 Å². The van der Waals surface area contributed by atoms with E-state index in [1.807, 2.05) is 30.3 Å². The second-order valence-corrected chi connectivity index (χ2v) is 5.30. The van der Waals surface area contributed by atoms with Crippen molar-refractivity contribution < 1.29 is 9.90 Å². The largest absolute Gasteiger partial charge is 0.480 e. The molecule has 1 aromatic carbocycles. The normalized spacial score (nSPS) is 15.4. The van der Waals surface area contributed by atoms with Crippen LogP contribution in [0.5, 0.6) is 0 Å². The van der Waals surface area contributed by atoms with Crippen molar-refractivity contribution in [2.24, 2.45) is 0 Å². The second kappa shape index (κ2) is 5.91. The van der Waals surface area contributed by atoms with E-state index < -0.39 is 12.0 Å². The molecule has 5 heteroatoms. The highest BCUT2D eigenvalue weighted by Gasteiger charge is 2.27. The van der Waals surface area contributed by atoms with Crippen molar-refractivity contribution in [2.45, 2.75) is 31.2 Å². The van der Waals surface area contributed by atoms with Gasteiger partial charge in [0, 0.05) is 18.5 Å². The SMILES string of the molecule is O=C(O)[C@@H](Cc1ccccc1)Nc1ccnc(C2CC2)n1. The van der Waals surface area contributed by atoms with Crippen LogP contribution >= 0.6 is 0 Å². The number of nitrogens with zero attached hydrogens (tertiary/aromatic N) is 2. The Morgan fingerprint density at radius 2 is 2.05 bits per heavy atom. The van der Waals surface area contributed by atoms with Gasteiger partial charge in [0.05, 0.1) is 0 Å². The van der Waals surface area contributed by atoms with Crippen LogP contribution in [0.1, 0.15) is 30.1 Å². The minimum atomic E-state index is -0.884. The first-order chi connectivity index (χ1) is 10.2. The Balaban J connectivity index is 1.72. The molecule has 2 N–H and O–H groups in total. The molecule has 1 aliphatic rings. The summed E-state index contributed by atoms with van der Waals surface area (Å²) in [5.41, 5.74) is 0.980. The van der Waals surface area contributed by atoms with Crippen molar-refractivity contribution in [3.05, 3.63) is 54.0 Å². The number of aromatic nitrogens is 2. The molecule has 1 atom stereocenters. The minimum Gasteiger partial charge on any atom is -0.480 e. The van der Waals surface area contributed by atoms with Crippen molar-refractivity contribution in [1.29, 1.82) is 0 Å². The number of rotatable bonds is 6. The number of carbonyl (C=O) groups is 1. The van der Waals surface area contributed by atoms with Gasteiger partial charge in [-0.05, 0) is 24.5 Å². The number of aliphatic carboxylic acids is 1. The van der Waals surface area contributed by atoms with Crippen LogP contribution in [0.3, 0.4) is 0 Å². The molecule has 0 unspecified atom stereocenters. The lowest BCUT2D eigenvalue weighted by Crippen LogP contribution is -2.32. The maximum Gasteiger partial charge on any atom is 0.326 e. The predicted octanol–water partition coefficient (Wildman–Crippen LogP) is 2.46. The summed E-state index contributed by atoms with van der Waals surface area (Å²) in [6.45, 7) is 0. The second-order valence-electron chi connectivity index (χ2n) is 5.30. The Bertz CT molecular complexity index is 626. The average Bonchev–Trinajstić information content (AvgIpc) is 3.32. The maximum absolute atomic E-state index is 11.4. The number of hydrogen-bond donors (Lipinski definition) is 2. The highest BCUT2D eigenvalue weighted by atomic mass is 16.4. The van der Waals surface area contributed by atoms with Gasteiger partial charge in [-0.1, -0.05) is 30.3 Å². The van der Waals surface area contributed by atoms with Crippen LogP contribution < -0.4 is 5.32 Å². The van der Waals surface area contributed by atoms with Crippen LogP contribution in [0.4, 0.5) is 5.82 Å². The molecule has 5 nitrogen and oxygen atoms in total. The Labute approximate surface area is 123 Å². The topological polar surface area (TPSA) is 75.1 Å². The van der Waals surface area contributed by atoms with Gasteiger partial charge in [0.25, 0.3) is 0 Å². The summed E-state index contributed by atoms with van der Waals surface area (Å²) in [7, 11) is 0. The Morgan fingerprint density at radius 1 is 1.29 bits per heavy atom. The number of carboxylic acid groups (broad SMARTS) is 1. The zero-order valence-corrected chi connectivity index (χ0v) is 11.6. The number of nitrogens with one attached hydrogen (secondary N) is 1. The number of hydrogen-bond acceptors (Lipinski definition) is 4. The molecule has 0 amide bonds. The van der Waals surface area contributed by atoms with E-state index in [1.54, 1.807) is 12.3 Å². The van der Waals surface area contributed by atoms with E-state index in [-0.39, 0.29) is 0 Å². The van der Waals surface area contributed by atoms with Crippen LogP contribution in [0.15, 0.2) is 42.6 Å². The van der Waals surface area contributed by atoms with Crippen LogP contribution in [-0.4, -0.2) is 27.1 Å². The smallest absolute Gasteiger partial charge is 0.326 e. The predicted molar refractivity (Wildman–Crippen MR) is 79.2 cm³/mol. The fourth-order valence-corrected chi connectivity index (χ4v) is 2.22. The molecule has 2 aromatic rings. The van der Waals surface area contributed by atoms with Crippen molar-refractivity contribution in [2.75, 3.05) is 5.32 Å². The third-order valence-corrected chi connectivity index (χ3v) is 3.52. The van der Waals surface area contributed by atoms with Gasteiger partial charge >= 0.3 is 5.97 Å². The van der Waals surface area contributed by atoms with Crippen molar-refractivity contribution in [1.82, 2.24) is 9.97 Å². The summed E-state index contributed by atoms with van der Waals surface area (Å²) < 4.78 is 0. The molecule has 1 aromatic heterocycles. The number of carboxylic acids is 1. The Morgan fingerprint density at radius 3 is 2.71 bits per heavy atom. The van der Waals surface area contributed by atoms with Crippen molar-refractivity contribution in [3.8, 4) is 0 Å². The molecule has 0 saturated heterocycles. The summed E-state index contributed by atoms with van der Waals surface area (Å²) in [4.78, 5) is 20.1. The first-order valence-electron chi connectivity index (χ1n) is 7.08. The standard InChI is InChI=1S/C16H17N3O2/c20-16(21)13(10-11-4-2-1-3-5-11)18-14-8-9-17-15(19-14)12-6-7-12/h1-5,8-9,12-13H,6-7,10H2,(H,20,21)(H,17,18,19)/t13-/m1/s1. The third kappa shape index (κ3) is 3.56. The molecule has 0 bridgehead atoms. The fourth-order valence-electron chi connectivity index (χ4n) is 2.22. The fraction of sp³-hybridized carbons (Fsp3) is 0.312. The molecule has 1 saturated carbocycles. The molecule has 1 aliphatic carbocycles. The van der Waals surface area contributed by atoms with Crippen molar-refractivity contribution in [3.63, 3.8) is 0 Å². The highest BCUT2D eigenvalue weighted by molar-refractivity contribution is 5.77. The van der Waals surface area contributed by atoms with E-state index in [4.69, 9.17) is 0 Å². The van der Waals surface area contributed by atoms with Crippen LogP contribution in [0.2, 0.25) is 0 Å². The molecule has 108 valence electrons. The van der Waals surface area contributed by atoms with Gasteiger partial charge < -0.3 is 10.4 Å². The van der Waals surface area contributed by atoms with Gasteiger partial charge in [0.2, 0.25) is 0 Å². The average molecular weight is 283 g/mol. The van der Waals surface area contributed by atoms with Crippen LogP contribution in [0, 0.1) is 0 Å². The Kier molecular flexibility index (Phi) is 3.81. The Hall–Kier alpha value is -2.43. The van der Waals surface area contributed by atoms with Gasteiger partial charge in [-0.25, -0.2) is 14.8 Å². The lowest BCUT2D eigenvalue weighted by atomic mass is 10.1. The van der Waals surface area contributed by atoms with Crippen LogP contribution in [-0.2, 0) is 11.2 Å². The van der Waals surface area contributed by atoms with Gasteiger partial charge in [0.1, 0.15) is 17.7 Å². The van der Waals surface area contributed by atoms with E-state index >= 15 is 0 Å². The van der Waals surface area contributed by atoms with E-state index in [1.165, 1.54) is 0 Å². The number of benzene rings is 1. The molecular weight excluding hydrogens is 266 g/mol. The maximum atomic E-state index is 11.4. The van der Waals surface area contributed by atoms with Crippen molar-refractivity contribution >= 4 is 11.8 Å². The molecule has 3 rings (SSSR count). The van der Waals surface area contributed by atoms with Gasteiger partial charge in [-0.2, -0.15) is 0 Å². The zero-order valence-electron chi connectivity index (χ0n) is 11.6. The molecule has 0 radical (unpaired) electrons. The van der Waals surface area contributed by atoms with E-state index in [0.29, 0.717) is 18.2 Å². The van der Waals surface area contributed by atoms with E-state index in [9.17, 15) is 9.90 Å². The van der Waals surface area contributed by atoms with Gasteiger partial charge in [-0.3, -0.25) is 0 Å². The minimum absolute atomic E-state index is 0.416. The monoisotopic (exact) mass is 283 g/mol. The summed E-state index contributed by atoms with van der Waals surface area (Å²) >= 11 is 0. The first-order valence-corrected chi connectivity index (χ1v) is 7.08. The third-order valence-electron chi connectivity index (χ3n) is 3.52. The first kappa shape index (κ1) is 13.5. The summed E-state index contributed by atoms with van der Waals surface area (Å²) in [6.07, 6.45) is 4.34. The lowest BCUT2D eigenvalue weighted by molar-refractivity contribution is -0.137. The van der Waals surface area contributed by atoms with E-state index in [2.05, 4.69) is 15.3 Å². The molecule has 0 spiro atoms. The summed E-state index contributed by atoms with van der Waals surface area (Å²) in [5, 5.41) is 12.4. The van der Waals surface area contributed by atoms with E-state index in [0.717, 1.165) is 24.2 Å². The summed E-state index contributed by atoms with van der Waals surface area (Å²) in [6, 6.07) is 10.6. The molecule has 1 fully saturated rings. The van der Waals surface area contributed by atoms with Gasteiger partial charge in [-0.15, -0.1) is 0 Å². The number of anilines is 1. The molecule has 21 heavy (non-hydrogen) atoms.